The first kappa shape index (κ1) is 20.6. The average Bonchev–Trinajstić information content (AvgIpc) is 3.36. The molecule has 1 aromatic heterocycles. The van der Waals surface area contributed by atoms with Gasteiger partial charge in [-0.15, -0.1) is 5.10 Å². The highest BCUT2D eigenvalue weighted by molar-refractivity contribution is 5.90. The molecule has 2 saturated heterocycles. The number of aromatic nitrogens is 3. The molecule has 0 spiro atoms. The fourth-order valence-electron chi connectivity index (χ4n) is 3.96. The first-order valence-corrected chi connectivity index (χ1v) is 10.0. The van der Waals surface area contributed by atoms with Gasteiger partial charge in [0.05, 0.1) is 36.7 Å². The molecule has 1 atom stereocenters. The number of amides is 2. The van der Waals surface area contributed by atoms with Gasteiger partial charge in [0, 0.05) is 19.5 Å². The summed E-state index contributed by atoms with van der Waals surface area (Å²) in [7, 11) is 0. The molecule has 2 aromatic rings. The maximum atomic E-state index is 14.8. The van der Waals surface area contributed by atoms with Crippen LogP contribution in [0.3, 0.4) is 0 Å². The number of ether oxygens (including phenoxy) is 1. The summed E-state index contributed by atoms with van der Waals surface area (Å²) in [6, 6.07) is 6.91. The van der Waals surface area contributed by atoms with Crippen LogP contribution in [0.4, 0.5) is 20.6 Å². The molecule has 1 aromatic carbocycles. The summed E-state index contributed by atoms with van der Waals surface area (Å²) in [4.78, 5) is 26.8. The standard InChI is InChI=1S/C20H22FN7O3/c21-16-9-14(1-2-18(16)26-7-4-13(3-6-22)5-8-26)28-11-15(31-20(28)30)10-27-12-17(19(23)29)24-25-27/h1-2,9,12-13,15H,3-5,7-8,10-11H2,(H2,23,29)/t15-/m1/s1. The monoisotopic (exact) mass is 427 g/mol. The number of carbonyl (C=O) groups excluding carboxylic acids is 2. The third-order valence-electron chi connectivity index (χ3n) is 5.63. The van der Waals surface area contributed by atoms with Crippen molar-refractivity contribution in [2.45, 2.75) is 31.9 Å². The Balaban J connectivity index is 1.40. The van der Waals surface area contributed by atoms with Gasteiger partial charge in [0.15, 0.2) is 5.69 Å². The van der Waals surface area contributed by atoms with Gasteiger partial charge < -0.3 is 15.4 Å². The van der Waals surface area contributed by atoms with Crippen LogP contribution in [0.15, 0.2) is 24.4 Å². The number of hydrogen-bond acceptors (Lipinski definition) is 7. The molecule has 3 heterocycles. The largest absolute Gasteiger partial charge is 0.442 e. The minimum atomic E-state index is -0.693. The van der Waals surface area contributed by atoms with Gasteiger partial charge in [0.2, 0.25) is 0 Å². The van der Waals surface area contributed by atoms with Crippen LogP contribution in [0.2, 0.25) is 0 Å². The highest BCUT2D eigenvalue weighted by Gasteiger charge is 2.33. The molecule has 0 bridgehead atoms. The smallest absolute Gasteiger partial charge is 0.414 e. The number of benzene rings is 1. The molecule has 10 nitrogen and oxygen atoms in total. The highest BCUT2D eigenvalue weighted by Crippen LogP contribution is 2.31. The molecular weight excluding hydrogens is 405 g/mol. The summed E-state index contributed by atoms with van der Waals surface area (Å²) in [5.74, 6) is -0.736. The van der Waals surface area contributed by atoms with Crippen LogP contribution >= 0.6 is 0 Å². The summed E-state index contributed by atoms with van der Waals surface area (Å²) in [6.07, 6.45) is 2.52. The molecule has 0 unspecified atom stereocenters. The topological polar surface area (TPSA) is 130 Å². The summed E-state index contributed by atoms with van der Waals surface area (Å²) in [5, 5.41) is 16.3. The minimum absolute atomic E-state index is 0.0236. The zero-order valence-corrected chi connectivity index (χ0v) is 16.8. The first-order valence-electron chi connectivity index (χ1n) is 10.0. The van der Waals surface area contributed by atoms with E-state index in [0.717, 1.165) is 12.8 Å². The molecule has 0 radical (unpaired) electrons. The molecule has 4 rings (SSSR count). The third-order valence-corrected chi connectivity index (χ3v) is 5.63. The van der Waals surface area contributed by atoms with E-state index in [-0.39, 0.29) is 18.8 Å². The summed E-state index contributed by atoms with van der Waals surface area (Å²) >= 11 is 0. The van der Waals surface area contributed by atoms with Crippen molar-refractivity contribution < 1.29 is 18.7 Å². The number of piperidine rings is 1. The normalized spacial score (nSPS) is 19.4. The van der Waals surface area contributed by atoms with E-state index in [9.17, 15) is 14.0 Å². The van der Waals surface area contributed by atoms with E-state index in [1.165, 1.54) is 21.8 Å². The van der Waals surface area contributed by atoms with Crippen LogP contribution in [-0.2, 0) is 11.3 Å². The molecule has 0 saturated carbocycles. The number of nitriles is 1. The third kappa shape index (κ3) is 4.42. The van der Waals surface area contributed by atoms with Gasteiger partial charge in [0.25, 0.3) is 5.91 Å². The number of rotatable bonds is 6. The van der Waals surface area contributed by atoms with E-state index in [2.05, 4.69) is 16.4 Å². The van der Waals surface area contributed by atoms with E-state index < -0.39 is 23.9 Å². The Morgan fingerprint density at radius 1 is 1.35 bits per heavy atom. The Morgan fingerprint density at radius 3 is 2.77 bits per heavy atom. The lowest BCUT2D eigenvalue weighted by molar-refractivity contribution is 0.0995. The van der Waals surface area contributed by atoms with Crippen LogP contribution in [0.25, 0.3) is 0 Å². The molecule has 2 amide bonds. The van der Waals surface area contributed by atoms with E-state index in [0.29, 0.717) is 36.8 Å². The van der Waals surface area contributed by atoms with Crippen LogP contribution in [0, 0.1) is 23.1 Å². The first-order chi connectivity index (χ1) is 14.9. The summed E-state index contributed by atoms with van der Waals surface area (Å²) < 4.78 is 21.6. The lowest BCUT2D eigenvalue weighted by atomic mass is 9.94. The van der Waals surface area contributed by atoms with E-state index in [4.69, 9.17) is 15.7 Å². The van der Waals surface area contributed by atoms with Crippen molar-refractivity contribution >= 4 is 23.4 Å². The Kier molecular flexibility index (Phi) is 5.70. The molecule has 11 heteroatoms. The van der Waals surface area contributed by atoms with Crippen molar-refractivity contribution in [1.82, 2.24) is 15.0 Å². The van der Waals surface area contributed by atoms with Gasteiger partial charge in [-0.3, -0.25) is 9.69 Å². The van der Waals surface area contributed by atoms with Crippen LogP contribution in [0.5, 0.6) is 0 Å². The molecule has 0 aliphatic carbocycles. The Hall–Kier alpha value is -3.68. The number of halogens is 1. The summed E-state index contributed by atoms with van der Waals surface area (Å²) in [6.45, 7) is 1.80. The highest BCUT2D eigenvalue weighted by atomic mass is 19.1. The van der Waals surface area contributed by atoms with Crippen molar-refractivity contribution in [2.75, 3.05) is 29.4 Å². The number of nitrogens with zero attached hydrogens (tertiary/aromatic N) is 6. The van der Waals surface area contributed by atoms with E-state index >= 15 is 0 Å². The number of hydrogen-bond donors (Lipinski definition) is 1. The number of anilines is 2. The van der Waals surface area contributed by atoms with Crippen molar-refractivity contribution in [1.29, 1.82) is 5.26 Å². The fraction of sp³-hybridized carbons (Fsp3) is 0.450. The van der Waals surface area contributed by atoms with Crippen molar-refractivity contribution in [3.8, 4) is 6.07 Å². The molecule has 2 fully saturated rings. The number of carbonyl (C=O) groups is 2. The van der Waals surface area contributed by atoms with E-state index in [1.807, 2.05) is 4.90 Å². The predicted molar refractivity (Wildman–Crippen MR) is 108 cm³/mol. The minimum Gasteiger partial charge on any atom is -0.442 e. The van der Waals surface area contributed by atoms with Gasteiger partial charge in [-0.25, -0.2) is 13.9 Å². The molecular formula is C20H22FN7O3. The lowest BCUT2D eigenvalue weighted by Crippen LogP contribution is -2.34. The van der Waals surface area contributed by atoms with E-state index in [1.54, 1.807) is 12.1 Å². The van der Waals surface area contributed by atoms with Crippen LogP contribution < -0.4 is 15.5 Å². The molecule has 162 valence electrons. The van der Waals surface area contributed by atoms with Crippen molar-refractivity contribution in [3.63, 3.8) is 0 Å². The Bertz CT molecular complexity index is 1030. The molecule has 2 aliphatic rings. The second-order valence-corrected chi connectivity index (χ2v) is 7.73. The maximum absolute atomic E-state index is 14.8. The van der Waals surface area contributed by atoms with Crippen LogP contribution in [-0.4, -0.2) is 52.7 Å². The molecule has 31 heavy (non-hydrogen) atoms. The molecule has 2 N–H and O–H groups in total. The van der Waals surface area contributed by atoms with Gasteiger partial charge in [-0.2, -0.15) is 5.26 Å². The van der Waals surface area contributed by atoms with Gasteiger partial charge >= 0.3 is 6.09 Å². The second kappa shape index (κ2) is 8.59. The van der Waals surface area contributed by atoms with Crippen LogP contribution in [0.1, 0.15) is 29.8 Å². The maximum Gasteiger partial charge on any atom is 0.414 e. The average molecular weight is 427 g/mol. The fourth-order valence-corrected chi connectivity index (χ4v) is 3.96. The van der Waals surface area contributed by atoms with Gasteiger partial charge in [-0.1, -0.05) is 5.21 Å². The zero-order chi connectivity index (χ0) is 22.0. The Labute approximate surface area is 178 Å². The number of nitrogens with two attached hydrogens (primary N) is 1. The lowest BCUT2D eigenvalue weighted by Gasteiger charge is -2.33. The SMILES string of the molecule is N#CCC1CCN(c2ccc(N3C[C@@H](Cn4cc(C(N)=O)nn4)OC3=O)cc2F)CC1. The number of primary amides is 1. The quantitative estimate of drug-likeness (QED) is 0.742. The van der Waals surface area contributed by atoms with Gasteiger partial charge in [-0.05, 0) is 37.0 Å². The van der Waals surface area contributed by atoms with Crippen molar-refractivity contribution in [3.05, 3.63) is 35.9 Å². The zero-order valence-electron chi connectivity index (χ0n) is 16.8. The summed E-state index contributed by atoms with van der Waals surface area (Å²) in [5.41, 5.74) is 6.08. The Morgan fingerprint density at radius 2 is 2.13 bits per heavy atom. The number of cyclic esters (lactones) is 1. The second-order valence-electron chi connectivity index (χ2n) is 7.73. The predicted octanol–water partition coefficient (Wildman–Crippen LogP) is 1.67. The van der Waals surface area contributed by atoms with Gasteiger partial charge in [0.1, 0.15) is 11.9 Å². The molecule has 2 aliphatic heterocycles. The van der Waals surface area contributed by atoms with Crippen molar-refractivity contribution in [2.24, 2.45) is 11.7 Å².